The zero-order valence-electron chi connectivity index (χ0n) is 11.1. The quantitative estimate of drug-likeness (QED) is 0.435. The van der Waals surface area contributed by atoms with Crippen LogP contribution in [0.4, 0.5) is 44.3 Å². The van der Waals surface area contributed by atoms with E-state index in [0.717, 1.165) is 5.32 Å². The van der Waals surface area contributed by atoms with Crippen molar-refractivity contribution in [3.05, 3.63) is 0 Å². The third-order valence-corrected chi connectivity index (χ3v) is 2.41. The topological polar surface area (TPSA) is 90.9 Å². The average molecular weight is 393 g/mol. The fraction of sp³-hybridized carbons (Fsp3) is 0.667. The molecule has 0 aromatic rings. The number of hydrogen-bond acceptors (Lipinski definition) is 6. The molecule has 0 unspecified atom stereocenters. The molecule has 144 valence electrons. The smallest absolute Gasteiger partial charge is 0.414 e. The first-order valence-corrected chi connectivity index (χ1v) is 5.62. The number of nitrogens with one attached hydrogen (secondary N) is 1. The van der Waals surface area contributed by atoms with Crippen molar-refractivity contribution in [1.82, 2.24) is 5.32 Å². The Morgan fingerprint density at radius 2 is 1.52 bits per heavy atom. The molecule has 1 aliphatic rings. The summed E-state index contributed by atoms with van der Waals surface area (Å²) in [6.45, 7) is -1.50. The van der Waals surface area contributed by atoms with Crippen molar-refractivity contribution >= 4 is 18.0 Å². The van der Waals surface area contributed by atoms with Crippen molar-refractivity contribution in [2.45, 2.75) is 30.4 Å². The van der Waals surface area contributed by atoms with Crippen molar-refractivity contribution in [2.75, 3.05) is 6.54 Å². The third-order valence-electron chi connectivity index (χ3n) is 2.41. The van der Waals surface area contributed by atoms with Crippen LogP contribution >= 0.6 is 0 Å². The maximum Gasteiger partial charge on any atom is 0.491 e. The minimum atomic E-state index is -6.25. The Kier molecular flexibility index (Phi) is 5.18. The van der Waals surface area contributed by atoms with E-state index in [1.807, 2.05) is 0 Å². The number of halogens is 9. The average Bonchev–Trinajstić information content (AvgIpc) is 2.73. The predicted octanol–water partition coefficient (Wildman–Crippen LogP) is 1.56. The lowest BCUT2D eigenvalue weighted by Crippen LogP contribution is -2.58. The first-order chi connectivity index (χ1) is 11.0. The summed E-state index contributed by atoms with van der Waals surface area (Å²) >= 11 is 0. The van der Waals surface area contributed by atoms with Crippen LogP contribution in [0.5, 0.6) is 0 Å². The molecule has 1 heterocycles. The van der Waals surface area contributed by atoms with Gasteiger partial charge in [0.2, 0.25) is 0 Å². The summed E-state index contributed by atoms with van der Waals surface area (Å²) in [6, 6.07) is 0. The van der Waals surface area contributed by atoms with Crippen LogP contribution in [0, 0.1) is 0 Å². The SMILES string of the molecule is O=C(NC[C@@H]1OC(C(F)(F)F)(C(F)(F)F)OC1=O)OC(=O)C(F)(F)F. The normalized spacial score (nSPS) is 20.8. The molecule has 1 rings (SSSR count). The lowest BCUT2D eigenvalue weighted by Gasteiger charge is -2.30. The minimum Gasteiger partial charge on any atom is -0.414 e. The molecule has 0 aliphatic carbocycles. The van der Waals surface area contributed by atoms with E-state index in [4.69, 9.17) is 0 Å². The Balaban J connectivity index is 2.78. The summed E-state index contributed by atoms with van der Waals surface area (Å²) in [6.07, 6.45) is -23.0. The molecule has 1 amide bonds. The largest absolute Gasteiger partial charge is 0.491 e. The Labute approximate surface area is 130 Å². The molecule has 25 heavy (non-hydrogen) atoms. The van der Waals surface area contributed by atoms with E-state index in [1.54, 1.807) is 0 Å². The number of carbonyl (C=O) groups is 3. The zero-order valence-corrected chi connectivity index (χ0v) is 11.1. The van der Waals surface area contributed by atoms with Crippen molar-refractivity contribution < 1.29 is 68.1 Å². The van der Waals surface area contributed by atoms with Gasteiger partial charge < -0.3 is 19.5 Å². The number of amides is 1. The number of carbonyl (C=O) groups excluding carboxylic acids is 3. The van der Waals surface area contributed by atoms with Gasteiger partial charge in [-0.25, -0.2) is 14.4 Å². The number of alkyl carbamates (subject to hydrolysis) is 1. The summed E-state index contributed by atoms with van der Waals surface area (Å²) in [5.41, 5.74) is 0. The second-order valence-electron chi connectivity index (χ2n) is 4.20. The van der Waals surface area contributed by atoms with Crippen LogP contribution in [0.15, 0.2) is 0 Å². The van der Waals surface area contributed by atoms with E-state index < -0.39 is 55.0 Å². The Morgan fingerprint density at radius 1 is 1.04 bits per heavy atom. The van der Waals surface area contributed by atoms with Gasteiger partial charge in [-0.2, -0.15) is 39.5 Å². The molecule has 0 aromatic heterocycles. The van der Waals surface area contributed by atoms with E-state index in [0.29, 0.717) is 0 Å². The fourth-order valence-corrected chi connectivity index (χ4v) is 1.37. The Bertz CT molecular complexity index is 551. The number of rotatable bonds is 2. The minimum absolute atomic E-state index is 1.16. The van der Waals surface area contributed by atoms with Crippen LogP contribution in [-0.4, -0.2) is 55.0 Å². The maximum atomic E-state index is 12.6. The van der Waals surface area contributed by atoms with E-state index in [1.165, 1.54) is 0 Å². The summed E-state index contributed by atoms with van der Waals surface area (Å²) in [5, 5.41) is 1.16. The van der Waals surface area contributed by atoms with Gasteiger partial charge >= 0.3 is 42.3 Å². The molecular formula is C9H4F9NO6. The zero-order chi connectivity index (χ0) is 19.8. The van der Waals surface area contributed by atoms with Crippen LogP contribution in [0.1, 0.15) is 0 Å². The van der Waals surface area contributed by atoms with E-state index in [-0.39, 0.29) is 0 Å². The van der Waals surface area contributed by atoms with E-state index in [2.05, 4.69) is 14.2 Å². The van der Waals surface area contributed by atoms with Gasteiger partial charge in [0.05, 0.1) is 6.54 Å². The molecule has 1 atom stereocenters. The molecule has 0 aromatic carbocycles. The van der Waals surface area contributed by atoms with Crippen LogP contribution in [0.25, 0.3) is 0 Å². The third kappa shape index (κ3) is 4.23. The highest BCUT2D eigenvalue weighted by Gasteiger charge is 2.80. The van der Waals surface area contributed by atoms with Gasteiger partial charge in [0.1, 0.15) is 0 Å². The number of hydrogen-bond donors (Lipinski definition) is 1. The highest BCUT2D eigenvalue weighted by atomic mass is 19.4. The molecule has 1 fully saturated rings. The van der Waals surface area contributed by atoms with Gasteiger partial charge in [0, 0.05) is 0 Å². The summed E-state index contributed by atoms with van der Waals surface area (Å²) in [4.78, 5) is 32.2. The molecular weight excluding hydrogens is 389 g/mol. The molecule has 1 saturated heterocycles. The summed E-state index contributed by atoms with van der Waals surface area (Å²) in [5.74, 6) is -10.5. The van der Waals surface area contributed by atoms with Crippen LogP contribution in [0.2, 0.25) is 0 Å². The van der Waals surface area contributed by atoms with Gasteiger partial charge in [-0.05, 0) is 0 Å². The number of ether oxygens (including phenoxy) is 3. The number of alkyl halides is 9. The lowest BCUT2D eigenvalue weighted by atomic mass is 10.2. The summed E-state index contributed by atoms with van der Waals surface area (Å²) in [7, 11) is 0. The van der Waals surface area contributed by atoms with Gasteiger partial charge in [-0.1, -0.05) is 0 Å². The lowest BCUT2D eigenvalue weighted by molar-refractivity contribution is -0.439. The van der Waals surface area contributed by atoms with Crippen LogP contribution in [-0.2, 0) is 23.8 Å². The first kappa shape index (κ1) is 20.8. The predicted molar refractivity (Wildman–Crippen MR) is 51.4 cm³/mol. The highest BCUT2D eigenvalue weighted by Crippen LogP contribution is 2.50. The van der Waals surface area contributed by atoms with Gasteiger partial charge in [0.15, 0.2) is 6.10 Å². The Morgan fingerprint density at radius 3 is 1.88 bits per heavy atom. The maximum absolute atomic E-state index is 12.6. The van der Waals surface area contributed by atoms with Crippen molar-refractivity contribution in [2.24, 2.45) is 0 Å². The molecule has 7 nitrogen and oxygen atoms in total. The van der Waals surface area contributed by atoms with Gasteiger partial charge in [0.25, 0.3) is 0 Å². The van der Waals surface area contributed by atoms with Crippen molar-refractivity contribution in [3.8, 4) is 0 Å². The van der Waals surface area contributed by atoms with Crippen LogP contribution in [0.3, 0.4) is 0 Å². The number of esters is 2. The molecule has 1 aliphatic heterocycles. The fourth-order valence-electron chi connectivity index (χ4n) is 1.37. The molecule has 0 bridgehead atoms. The first-order valence-electron chi connectivity index (χ1n) is 5.62. The second kappa shape index (κ2) is 6.23. The van der Waals surface area contributed by atoms with E-state index >= 15 is 0 Å². The van der Waals surface area contributed by atoms with Crippen molar-refractivity contribution in [1.29, 1.82) is 0 Å². The van der Waals surface area contributed by atoms with E-state index in [9.17, 15) is 53.9 Å². The molecule has 16 heteroatoms. The monoisotopic (exact) mass is 393 g/mol. The Hall–Kier alpha value is -2.26. The molecule has 1 N–H and O–H groups in total. The van der Waals surface area contributed by atoms with Crippen LogP contribution < -0.4 is 5.32 Å². The summed E-state index contributed by atoms with van der Waals surface area (Å²) < 4.78 is 121. The van der Waals surface area contributed by atoms with Gasteiger partial charge in [-0.15, -0.1) is 0 Å². The second-order valence-corrected chi connectivity index (χ2v) is 4.20. The molecule has 0 saturated carbocycles. The van der Waals surface area contributed by atoms with Crippen molar-refractivity contribution in [3.63, 3.8) is 0 Å². The molecule has 0 radical (unpaired) electrons. The molecule has 0 spiro atoms. The number of cyclic esters (lactones) is 1. The highest BCUT2D eigenvalue weighted by molar-refractivity contribution is 5.88. The standard InChI is InChI=1S/C9H4F9NO6/c10-6(11,12)4(21)23-5(22)19-1-2-3(20)25-7(24-2,8(13,14)15)9(16,17)18/h2H,1H2,(H,19,22)/t2-/m0/s1. The van der Waals surface area contributed by atoms with Gasteiger partial charge in [-0.3, -0.25) is 0 Å².